The van der Waals surface area contributed by atoms with Crippen molar-refractivity contribution in [2.75, 3.05) is 0 Å². The maximum atomic E-state index is 11.8. The predicted molar refractivity (Wildman–Crippen MR) is 81.1 cm³/mol. The molecule has 0 aliphatic carbocycles. The molecule has 1 heterocycles. The number of hydrogen-bond acceptors (Lipinski definition) is 2. The number of nitrogens with zero attached hydrogens (tertiary/aromatic N) is 1. The van der Waals surface area contributed by atoms with Gasteiger partial charge in [-0.3, -0.25) is 4.79 Å². The van der Waals surface area contributed by atoms with Crippen molar-refractivity contribution in [2.45, 2.75) is 27.7 Å². The minimum atomic E-state index is -0.239. The average molecular weight is 269 g/mol. The smallest absolute Gasteiger partial charge is 0.287 e. The Labute approximate surface area is 118 Å². The van der Waals surface area contributed by atoms with Crippen molar-refractivity contribution in [1.29, 1.82) is 0 Å². The molecule has 0 aliphatic rings. The Morgan fingerprint density at radius 3 is 2.40 bits per heavy atom. The lowest BCUT2D eigenvalue weighted by Gasteiger charge is -2.11. The van der Waals surface area contributed by atoms with Crippen molar-refractivity contribution >= 4 is 11.6 Å². The fourth-order valence-corrected chi connectivity index (χ4v) is 2.47. The highest BCUT2D eigenvalue weighted by atomic mass is 16.2. The van der Waals surface area contributed by atoms with Crippen molar-refractivity contribution in [3.05, 3.63) is 58.4 Å². The van der Waals surface area contributed by atoms with Gasteiger partial charge in [0.1, 0.15) is 5.69 Å². The number of rotatable bonds is 3. The monoisotopic (exact) mass is 269 g/mol. The van der Waals surface area contributed by atoms with E-state index in [9.17, 15) is 4.79 Å². The Morgan fingerprint density at radius 1 is 1.20 bits per heavy atom. The molecule has 1 aromatic carbocycles. The van der Waals surface area contributed by atoms with Gasteiger partial charge in [-0.05, 0) is 51.0 Å². The van der Waals surface area contributed by atoms with Crippen LogP contribution in [0.15, 0.2) is 35.6 Å². The summed E-state index contributed by atoms with van der Waals surface area (Å²) in [6, 6.07) is 7.73. The Hall–Kier alpha value is -2.36. The van der Waals surface area contributed by atoms with E-state index in [1.165, 1.54) is 5.56 Å². The first-order valence-electron chi connectivity index (χ1n) is 6.55. The summed E-state index contributed by atoms with van der Waals surface area (Å²) in [7, 11) is 0. The summed E-state index contributed by atoms with van der Waals surface area (Å²) in [5, 5.41) is 4.20. The molecule has 0 atom stereocenters. The predicted octanol–water partition coefficient (Wildman–Crippen LogP) is 3.09. The Bertz CT molecular complexity index is 631. The van der Waals surface area contributed by atoms with E-state index in [1.54, 1.807) is 18.3 Å². The largest absolute Gasteiger partial charge is 0.357 e. The van der Waals surface area contributed by atoms with E-state index in [-0.39, 0.29) is 5.91 Å². The van der Waals surface area contributed by atoms with Crippen LogP contribution in [0.25, 0.3) is 0 Å². The van der Waals surface area contributed by atoms with Crippen molar-refractivity contribution in [3.8, 4) is 0 Å². The van der Waals surface area contributed by atoms with Crippen LogP contribution in [0.4, 0.5) is 0 Å². The number of aryl methyl sites for hydroxylation is 3. The minimum Gasteiger partial charge on any atom is -0.357 e. The highest BCUT2D eigenvalue weighted by Gasteiger charge is 2.09. The summed E-state index contributed by atoms with van der Waals surface area (Å²) < 4.78 is 0. The van der Waals surface area contributed by atoms with Gasteiger partial charge in [-0.1, -0.05) is 17.7 Å². The molecule has 0 bridgehead atoms. The molecule has 0 unspecified atom stereocenters. The second-order valence-electron chi connectivity index (χ2n) is 5.00. The molecule has 20 heavy (non-hydrogen) atoms. The third kappa shape index (κ3) is 2.96. The molecule has 2 rings (SSSR count). The summed E-state index contributed by atoms with van der Waals surface area (Å²) in [5.41, 5.74) is 8.52. The van der Waals surface area contributed by atoms with Gasteiger partial charge in [0.25, 0.3) is 5.91 Å². The lowest BCUT2D eigenvalue weighted by atomic mass is 9.97. The molecule has 1 amide bonds. The zero-order chi connectivity index (χ0) is 14.7. The van der Waals surface area contributed by atoms with Crippen LogP contribution in [0.3, 0.4) is 0 Å². The van der Waals surface area contributed by atoms with Gasteiger partial charge in [-0.15, -0.1) is 0 Å². The number of hydrogen-bond donors (Lipinski definition) is 2. The number of hydrazone groups is 1. The molecule has 0 aliphatic heterocycles. The molecular formula is C16H19N3O. The fourth-order valence-electron chi connectivity index (χ4n) is 2.47. The second-order valence-corrected chi connectivity index (χ2v) is 5.00. The number of nitrogens with one attached hydrogen (secondary N) is 2. The molecule has 2 aromatic rings. The highest BCUT2D eigenvalue weighted by molar-refractivity contribution is 6.02. The zero-order valence-electron chi connectivity index (χ0n) is 12.2. The van der Waals surface area contributed by atoms with Crippen LogP contribution >= 0.6 is 0 Å². The SMILES string of the molecule is C/C(=N/NC(=O)c1ccc[nH]1)c1c(C)cc(C)cc1C. The van der Waals surface area contributed by atoms with E-state index in [1.807, 2.05) is 6.92 Å². The molecule has 0 saturated carbocycles. The molecule has 0 saturated heterocycles. The highest BCUT2D eigenvalue weighted by Crippen LogP contribution is 2.17. The van der Waals surface area contributed by atoms with Crippen LogP contribution in [-0.2, 0) is 0 Å². The maximum absolute atomic E-state index is 11.8. The summed E-state index contributed by atoms with van der Waals surface area (Å²) in [6.07, 6.45) is 1.71. The number of benzene rings is 1. The molecular weight excluding hydrogens is 250 g/mol. The molecule has 0 spiro atoms. The van der Waals surface area contributed by atoms with Crippen LogP contribution < -0.4 is 5.43 Å². The van der Waals surface area contributed by atoms with Crippen molar-refractivity contribution in [1.82, 2.24) is 10.4 Å². The Kier molecular flexibility index (Phi) is 4.03. The van der Waals surface area contributed by atoms with Gasteiger partial charge in [0.2, 0.25) is 0 Å². The Morgan fingerprint density at radius 2 is 1.85 bits per heavy atom. The molecule has 0 fully saturated rings. The third-order valence-electron chi connectivity index (χ3n) is 3.21. The first-order chi connectivity index (χ1) is 9.49. The topological polar surface area (TPSA) is 57.2 Å². The van der Waals surface area contributed by atoms with Gasteiger partial charge in [-0.25, -0.2) is 5.43 Å². The second kappa shape index (κ2) is 5.74. The van der Waals surface area contributed by atoms with Crippen molar-refractivity contribution < 1.29 is 4.79 Å². The first-order valence-corrected chi connectivity index (χ1v) is 6.55. The summed E-state index contributed by atoms with van der Waals surface area (Å²) in [4.78, 5) is 14.7. The van der Waals surface area contributed by atoms with E-state index in [2.05, 4.69) is 48.4 Å². The van der Waals surface area contributed by atoms with E-state index in [0.29, 0.717) is 5.69 Å². The number of carbonyl (C=O) groups excluding carboxylic acids is 1. The maximum Gasteiger partial charge on any atom is 0.287 e. The molecule has 2 N–H and O–H groups in total. The average Bonchev–Trinajstić information content (AvgIpc) is 2.88. The van der Waals surface area contributed by atoms with Gasteiger partial charge < -0.3 is 4.98 Å². The standard InChI is InChI=1S/C16H19N3O/c1-10-8-11(2)15(12(3)9-10)13(4)18-19-16(20)14-6-5-7-17-14/h5-9,17H,1-4H3,(H,19,20)/b18-13-. The molecule has 0 radical (unpaired) electrons. The number of amides is 1. The summed E-state index contributed by atoms with van der Waals surface area (Å²) in [5.74, 6) is -0.239. The number of aromatic amines is 1. The molecule has 104 valence electrons. The van der Waals surface area contributed by atoms with Crippen LogP contribution in [0.1, 0.15) is 39.7 Å². The van der Waals surface area contributed by atoms with Gasteiger partial charge in [0.05, 0.1) is 5.71 Å². The van der Waals surface area contributed by atoms with E-state index >= 15 is 0 Å². The third-order valence-corrected chi connectivity index (χ3v) is 3.21. The fraction of sp³-hybridized carbons (Fsp3) is 0.250. The van der Waals surface area contributed by atoms with Crippen LogP contribution in [0.5, 0.6) is 0 Å². The van der Waals surface area contributed by atoms with Gasteiger partial charge in [0, 0.05) is 11.8 Å². The number of carbonyl (C=O) groups is 1. The summed E-state index contributed by atoms with van der Waals surface area (Å²) >= 11 is 0. The van der Waals surface area contributed by atoms with Crippen LogP contribution in [-0.4, -0.2) is 16.6 Å². The molecule has 4 heteroatoms. The van der Waals surface area contributed by atoms with Gasteiger partial charge in [-0.2, -0.15) is 5.10 Å². The number of aromatic nitrogens is 1. The van der Waals surface area contributed by atoms with E-state index in [4.69, 9.17) is 0 Å². The summed E-state index contributed by atoms with van der Waals surface area (Å²) in [6.45, 7) is 8.09. The van der Waals surface area contributed by atoms with Crippen LogP contribution in [0, 0.1) is 20.8 Å². The molecule has 1 aromatic heterocycles. The quantitative estimate of drug-likeness (QED) is 0.653. The normalized spacial score (nSPS) is 11.5. The van der Waals surface area contributed by atoms with Crippen molar-refractivity contribution in [3.63, 3.8) is 0 Å². The van der Waals surface area contributed by atoms with Crippen molar-refractivity contribution in [2.24, 2.45) is 5.10 Å². The van der Waals surface area contributed by atoms with Gasteiger partial charge >= 0.3 is 0 Å². The lowest BCUT2D eigenvalue weighted by molar-refractivity contribution is 0.0950. The number of H-pyrrole nitrogens is 1. The Balaban J connectivity index is 2.21. The zero-order valence-corrected chi connectivity index (χ0v) is 12.2. The lowest BCUT2D eigenvalue weighted by Crippen LogP contribution is -2.20. The van der Waals surface area contributed by atoms with E-state index in [0.717, 1.165) is 22.4 Å². The molecule has 4 nitrogen and oxygen atoms in total. The minimum absolute atomic E-state index is 0.239. The van der Waals surface area contributed by atoms with Crippen LogP contribution in [0.2, 0.25) is 0 Å². The van der Waals surface area contributed by atoms with Gasteiger partial charge in [0.15, 0.2) is 0 Å². The first kappa shape index (κ1) is 14.1. The van der Waals surface area contributed by atoms with E-state index < -0.39 is 0 Å².